The van der Waals surface area contributed by atoms with Crippen molar-refractivity contribution < 1.29 is 12.8 Å². The molecule has 0 spiro atoms. The first-order valence-corrected chi connectivity index (χ1v) is 4.65. The van der Waals surface area contributed by atoms with Gasteiger partial charge in [0, 0.05) is 0 Å². The molecular formula is C6H5FN2O3S. The standard InChI is InChI=1S/C6H5FN2O3S/c7-5-2-1-4(13(8,11)12)3-6(5)9-10/h1-3H,(H2,8,11,12). The largest absolute Gasteiger partial charge is 0.238 e. The van der Waals surface area contributed by atoms with Crippen LogP contribution in [0.4, 0.5) is 10.1 Å². The fourth-order valence-electron chi connectivity index (χ4n) is 0.739. The Morgan fingerprint density at radius 1 is 1.38 bits per heavy atom. The second-order valence-corrected chi connectivity index (χ2v) is 3.81. The first kappa shape index (κ1) is 9.75. The maximum atomic E-state index is 12.6. The summed E-state index contributed by atoms with van der Waals surface area (Å²) in [5, 5.41) is 7.04. The van der Waals surface area contributed by atoms with Crippen molar-refractivity contribution in [3.63, 3.8) is 0 Å². The van der Waals surface area contributed by atoms with E-state index < -0.39 is 21.5 Å². The zero-order chi connectivity index (χ0) is 10.1. The minimum Gasteiger partial charge on any atom is -0.225 e. The number of nitrogens with two attached hydrogens (primary N) is 1. The molecule has 7 heteroatoms. The van der Waals surface area contributed by atoms with Gasteiger partial charge in [0.05, 0.1) is 4.90 Å². The van der Waals surface area contributed by atoms with E-state index in [2.05, 4.69) is 5.18 Å². The van der Waals surface area contributed by atoms with Crippen LogP contribution in [0.5, 0.6) is 0 Å². The molecule has 1 aromatic rings. The normalized spacial score (nSPS) is 11.2. The van der Waals surface area contributed by atoms with E-state index in [9.17, 15) is 17.7 Å². The van der Waals surface area contributed by atoms with Crippen LogP contribution in [0.3, 0.4) is 0 Å². The van der Waals surface area contributed by atoms with Crippen LogP contribution in [-0.2, 0) is 10.0 Å². The molecule has 0 radical (unpaired) electrons. The quantitative estimate of drug-likeness (QED) is 0.724. The Labute approximate surface area is 73.4 Å². The predicted molar refractivity (Wildman–Crippen MR) is 43.2 cm³/mol. The van der Waals surface area contributed by atoms with E-state index in [0.29, 0.717) is 0 Å². The fraction of sp³-hybridized carbons (Fsp3) is 0. The SMILES string of the molecule is NS(=O)(=O)c1ccc(F)c(N=O)c1. The van der Waals surface area contributed by atoms with Crippen molar-refractivity contribution in [1.29, 1.82) is 0 Å². The second kappa shape index (κ2) is 3.19. The molecule has 0 saturated heterocycles. The van der Waals surface area contributed by atoms with Crippen LogP contribution in [0.2, 0.25) is 0 Å². The molecule has 1 rings (SSSR count). The van der Waals surface area contributed by atoms with E-state index in [-0.39, 0.29) is 4.90 Å². The van der Waals surface area contributed by atoms with Crippen molar-refractivity contribution in [3.8, 4) is 0 Å². The maximum absolute atomic E-state index is 12.6. The third kappa shape index (κ3) is 2.07. The van der Waals surface area contributed by atoms with Crippen molar-refractivity contribution in [3.05, 3.63) is 28.9 Å². The molecule has 0 bridgehead atoms. The molecule has 2 N–H and O–H groups in total. The Balaban J connectivity index is 3.38. The highest BCUT2D eigenvalue weighted by Gasteiger charge is 2.11. The van der Waals surface area contributed by atoms with Gasteiger partial charge in [0.1, 0.15) is 5.69 Å². The number of benzene rings is 1. The molecule has 0 aliphatic rings. The van der Waals surface area contributed by atoms with Crippen LogP contribution in [-0.4, -0.2) is 8.42 Å². The van der Waals surface area contributed by atoms with Gasteiger partial charge in [0.15, 0.2) is 5.82 Å². The summed E-state index contributed by atoms with van der Waals surface area (Å²) in [6.07, 6.45) is 0. The van der Waals surface area contributed by atoms with Crippen molar-refractivity contribution in [1.82, 2.24) is 0 Å². The van der Waals surface area contributed by atoms with E-state index in [4.69, 9.17) is 5.14 Å². The lowest BCUT2D eigenvalue weighted by Crippen LogP contribution is -2.11. The van der Waals surface area contributed by atoms with Gasteiger partial charge in [-0.15, -0.1) is 4.91 Å². The lowest BCUT2D eigenvalue weighted by atomic mass is 10.3. The summed E-state index contributed by atoms with van der Waals surface area (Å²) >= 11 is 0. The molecule has 0 unspecified atom stereocenters. The highest BCUT2D eigenvalue weighted by Crippen LogP contribution is 2.20. The van der Waals surface area contributed by atoms with Crippen molar-refractivity contribution >= 4 is 15.7 Å². The predicted octanol–water partition coefficient (Wildman–Crippen LogP) is 0.871. The van der Waals surface area contributed by atoms with Crippen LogP contribution in [0.15, 0.2) is 28.3 Å². The number of hydrogen-bond acceptors (Lipinski definition) is 4. The molecule has 0 saturated carbocycles. The Bertz CT molecular complexity index is 443. The zero-order valence-electron chi connectivity index (χ0n) is 6.27. The lowest BCUT2D eigenvalue weighted by molar-refractivity contribution is 0.596. The van der Waals surface area contributed by atoms with Crippen LogP contribution in [0.1, 0.15) is 0 Å². The van der Waals surface area contributed by atoms with Gasteiger partial charge >= 0.3 is 0 Å². The Morgan fingerprint density at radius 2 is 2.00 bits per heavy atom. The van der Waals surface area contributed by atoms with Gasteiger partial charge in [-0.05, 0) is 23.4 Å². The summed E-state index contributed by atoms with van der Waals surface area (Å²) in [5.74, 6) is -0.887. The van der Waals surface area contributed by atoms with Gasteiger partial charge in [0.25, 0.3) is 0 Å². The minimum atomic E-state index is -3.92. The van der Waals surface area contributed by atoms with E-state index in [1.165, 1.54) is 0 Å². The van der Waals surface area contributed by atoms with Gasteiger partial charge in [-0.1, -0.05) is 0 Å². The second-order valence-electron chi connectivity index (χ2n) is 2.25. The van der Waals surface area contributed by atoms with Crippen LogP contribution in [0.25, 0.3) is 0 Å². The highest BCUT2D eigenvalue weighted by atomic mass is 32.2. The smallest absolute Gasteiger partial charge is 0.225 e. The van der Waals surface area contributed by atoms with E-state index >= 15 is 0 Å². The molecule has 70 valence electrons. The lowest BCUT2D eigenvalue weighted by Gasteiger charge is -1.98. The third-order valence-corrected chi connectivity index (χ3v) is 2.26. The molecule has 0 amide bonds. The molecule has 13 heavy (non-hydrogen) atoms. The summed E-state index contributed by atoms with van der Waals surface area (Å²) in [4.78, 5) is 9.64. The Hall–Kier alpha value is -1.34. The highest BCUT2D eigenvalue weighted by molar-refractivity contribution is 7.89. The first-order valence-electron chi connectivity index (χ1n) is 3.11. The fourth-order valence-corrected chi connectivity index (χ4v) is 1.27. The average Bonchev–Trinajstić information content (AvgIpc) is 2.03. The topological polar surface area (TPSA) is 89.6 Å². The zero-order valence-corrected chi connectivity index (χ0v) is 7.08. The maximum Gasteiger partial charge on any atom is 0.238 e. The molecule has 0 aliphatic carbocycles. The Morgan fingerprint density at radius 3 is 2.46 bits per heavy atom. The number of halogens is 1. The molecule has 0 aliphatic heterocycles. The van der Waals surface area contributed by atoms with E-state index in [0.717, 1.165) is 18.2 Å². The summed E-state index contributed by atoms with van der Waals surface area (Å²) in [5.41, 5.74) is -0.577. The van der Waals surface area contributed by atoms with Crippen LogP contribution < -0.4 is 5.14 Å². The van der Waals surface area contributed by atoms with Gasteiger partial charge in [0.2, 0.25) is 10.0 Å². The Kier molecular flexibility index (Phi) is 2.39. The van der Waals surface area contributed by atoms with E-state index in [1.807, 2.05) is 0 Å². The summed E-state index contributed by atoms with van der Waals surface area (Å²) in [6.45, 7) is 0. The summed E-state index contributed by atoms with van der Waals surface area (Å²) < 4.78 is 34.1. The van der Waals surface area contributed by atoms with Crippen molar-refractivity contribution in [2.24, 2.45) is 10.3 Å². The number of hydrogen-bond donors (Lipinski definition) is 1. The van der Waals surface area contributed by atoms with Crippen LogP contribution in [0, 0.1) is 10.7 Å². The first-order chi connectivity index (χ1) is 5.95. The molecule has 1 aromatic carbocycles. The number of primary sulfonamides is 1. The van der Waals surface area contributed by atoms with Crippen molar-refractivity contribution in [2.75, 3.05) is 0 Å². The molecule has 0 atom stereocenters. The van der Waals surface area contributed by atoms with Gasteiger partial charge in [-0.2, -0.15) is 0 Å². The average molecular weight is 204 g/mol. The van der Waals surface area contributed by atoms with Crippen molar-refractivity contribution in [2.45, 2.75) is 4.90 Å². The number of sulfonamides is 1. The summed E-state index contributed by atoms with van der Waals surface area (Å²) in [6, 6.07) is 2.55. The molecule has 0 heterocycles. The third-order valence-electron chi connectivity index (χ3n) is 1.34. The van der Waals surface area contributed by atoms with Gasteiger partial charge in [-0.25, -0.2) is 17.9 Å². The number of nitroso groups, excluding NO2 is 1. The molecule has 0 fully saturated rings. The molecular weight excluding hydrogens is 199 g/mol. The number of rotatable bonds is 2. The molecule has 5 nitrogen and oxygen atoms in total. The molecule has 0 aromatic heterocycles. The van der Waals surface area contributed by atoms with E-state index in [1.54, 1.807) is 0 Å². The monoisotopic (exact) mass is 204 g/mol. The van der Waals surface area contributed by atoms with Gasteiger partial charge < -0.3 is 0 Å². The number of nitrogens with zero attached hydrogens (tertiary/aromatic N) is 1. The van der Waals surface area contributed by atoms with Crippen LogP contribution >= 0.6 is 0 Å². The van der Waals surface area contributed by atoms with Gasteiger partial charge in [-0.3, -0.25) is 0 Å². The minimum absolute atomic E-state index is 0.344. The summed E-state index contributed by atoms with van der Waals surface area (Å²) in [7, 11) is -3.92.